The van der Waals surface area contributed by atoms with Gasteiger partial charge in [-0.1, -0.05) is 5.92 Å². The molecule has 11 nitrogen and oxygen atoms in total. The molecule has 11 heteroatoms. The Morgan fingerprint density at radius 3 is 1.75 bits per heavy atom. The van der Waals surface area contributed by atoms with Gasteiger partial charge >= 0.3 is 23.9 Å². The van der Waals surface area contributed by atoms with Gasteiger partial charge in [-0.15, -0.1) is 6.42 Å². The number of terminal acetylenes is 1. The van der Waals surface area contributed by atoms with Gasteiger partial charge in [0.05, 0.1) is 6.54 Å². The maximum Gasteiger partial charge on any atom is 0.305 e. The molecule has 0 aliphatic carbocycles. The van der Waals surface area contributed by atoms with Gasteiger partial charge in [0.2, 0.25) is 12.4 Å². The van der Waals surface area contributed by atoms with E-state index in [4.69, 9.17) is 30.1 Å². The lowest BCUT2D eigenvalue weighted by Crippen LogP contribution is -2.65. The van der Waals surface area contributed by atoms with Gasteiger partial charge in [0, 0.05) is 27.7 Å². The van der Waals surface area contributed by atoms with Crippen molar-refractivity contribution in [1.29, 1.82) is 0 Å². The maximum atomic E-state index is 12.4. The fraction of sp³-hybridized carbons (Fsp3) is 0.588. The summed E-state index contributed by atoms with van der Waals surface area (Å²) in [5.74, 6) is -1.94. The number of carbonyl (C=O) groups is 5. The highest BCUT2D eigenvalue weighted by molar-refractivity contribution is 5.83. The summed E-state index contributed by atoms with van der Waals surface area (Å²) in [5.41, 5.74) is 0. The molecule has 154 valence electrons. The Kier molecular flexibility index (Phi) is 8.40. The second-order valence-electron chi connectivity index (χ2n) is 5.68. The summed E-state index contributed by atoms with van der Waals surface area (Å²) >= 11 is 0. The highest BCUT2D eigenvalue weighted by atomic mass is 16.7. The molecule has 3 unspecified atom stereocenters. The van der Waals surface area contributed by atoms with E-state index in [-0.39, 0.29) is 6.54 Å². The molecule has 0 aromatic rings. The Hall–Kier alpha value is -3.13. The summed E-state index contributed by atoms with van der Waals surface area (Å²) in [5, 5.41) is 2.33. The summed E-state index contributed by atoms with van der Waals surface area (Å²) in [4.78, 5) is 58.4. The first-order valence-corrected chi connectivity index (χ1v) is 8.12. The summed E-state index contributed by atoms with van der Waals surface area (Å²) in [6, 6.07) is 0. The van der Waals surface area contributed by atoms with E-state index < -0.39 is 60.5 Å². The minimum atomic E-state index is -1.61. The summed E-state index contributed by atoms with van der Waals surface area (Å²) in [6.45, 7) is 4.05. The van der Waals surface area contributed by atoms with Gasteiger partial charge in [-0.05, 0) is 0 Å². The fourth-order valence-corrected chi connectivity index (χ4v) is 2.48. The molecular weight excluding hydrogens is 378 g/mol. The standard InChI is InChI=1S/C17H21NO10/c1-6-7-18-16(23)14-12(24-8(2)19)13(25-9(3)20)15(26-10(4)21)17(28-14)27-11(5)22/h1,12-15,17H,7H2,2-5H3,(H,18,23)/t12-,13?,14?,15?,17+/m0/s1. The molecule has 28 heavy (non-hydrogen) atoms. The lowest BCUT2D eigenvalue weighted by Gasteiger charge is -2.43. The predicted molar refractivity (Wildman–Crippen MR) is 88.9 cm³/mol. The van der Waals surface area contributed by atoms with Crippen LogP contribution in [-0.4, -0.2) is 67.0 Å². The maximum absolute atomic E-state index is 12.4. The van der Waals surface area contributed by atoms with E-state index in [1.807, 2.05) is 0 Å². The van der Waals surface area contributed by atoms with E-state index in [1.165, 1.54) is 0 Å². The molecular formula is C17H21NO10. The van der Waals surface area contributed by atoms with Crippen molar-refractivity contribution in [3.63, 3.8) is 0 Å². The molecule has 0 spiro atoms. The van der Waals surface area contributed by atoms with Gasteiger partial charge in [0.25, 0.3) is 5.91 Å². The topological polar surface area (TPSA) is 144 Å². The number of ether oxygens (including phenoxy) is 5. The van der Waals surface area contributed by atoms with E-state index in [0.717, 1.165) is 27.7 Å². The summed E-state index contributed by atoms with van der Waals surface area (Å²) in [7, 11) is 0. The van der Waals surface area contributed by atoms with Crippen molar-refractivity contribution in [2.45, 2.75) is 58.4 Å². The normalized spacial score (nSPS) is 26.2. The molecule has 0 bridgehead atoms. The lowest BCUT2D eigenvalue weighted by molar-refractivity contribution is -0.290. The van der Waals surface area contributed by atoms with E-state index in [0.29, 0.717) is 0 Å². The Balaban J connectivity index is 3.38. The van der Waals surface area contributed by atoms with Crippen LogP contribution < -0.4 is 5.32 Å². The van der Waals surface area contributed by atoms with E-state index in [1.54, 1.807) is 0 Å². The first-order valence-electron chi connectivity index (χ1n) is 8.12. The number of hydrogen-bond donors (Lipinski definition) is 1. The molecule has 1 saturated heterocycles. The zero-order valence-electron chi connectivity index (χ0n) is 15.8. The van der Waals surface area contributed by atoms with Crippen molar-refractivity contribution in [3.8, 4) is 12.3 Å². The minimum absolute atomic E-state index is 0.171. The average Bonchev–Trinajstić information content (AvgIpc) is 2.55. The quantitative estimate of drug-likeness (QED) is 0.329. The Labute approximate surface area is 160 Å². The van der Waals surface area contributed by atoms with Crippen LogP contribution in [0.1, 0.15) is 27.7 Å². The van der Waals surface area contributed by atoms with Crippen LogP contribution in [0.25, 0.3) is 0 Å². The van der Waals surface area contributed by atoms with Crippen molar-refractivity contribution in [2.24, 2.45) is 0 Å². The smallest absolute Gasteiger partial charge is 0.305 e. The third kappa shape index (κ3) is 6.55. The van der Waals surface area contributed by atoms with Gasteiger partial charge in [0.1, 0.15) is 0 Å². The molecule has 1 aliphatic rings. The molecule has 0 saturated carbocycles. The van der Waals surface area contributed by atoms with E-state index >= 15 is 0 Å². The molecule has 0 aromatic carbocycles. The van der Waals surface area contributed by atoms with Gasteiger partial charge < -0.3 is 29.0 Å². The molecule has 0 radical (unpaired) electrons. The SMILES string of the molecule is C#CCNC(=O)C1O[C@@H](OC(C)=O)C(OC(C)=O)C(OC(C)=O)[C@@H]1OC(C)=O. The molecule has 1 rings (SSSR count). The fourth-order valence-electron chi connectivity index (χ4n) is 2.48. The number of esters is 4. The number of carbonyl (C=O) groups excluding carboxylic acids is 5. The largest absolute Gasteiger partial charge is 0.455 e. The first kappa shape index (κ1) is 22.9. The Morgan fingerprint density at radius 2 is 1.29 bits per heavy atom. The summed E-state index contributed by atoms with van der Waals surface area (Å²) < 4.78 is 25.7. The molecule has 1 N–H and O–H groups in total. The number of nitrogens with one attached hydrogen (secondary N) is 1. The van der Waals surface area contributed by atoms with Crippen LogP contribution >= 0.6 is 0 Å². The van der Waals surface area contributed by atoms with Gasteiger partial charge in [0.15, 0.2) is 18.3 Å². The molecule has 1 heterocycles. The van der Waals surface area contributed by atoms with Gasteiger partial charge in [-0.25, -0.2) is 0 Å². The van der Waals surface area contributed by atoms with Crippen LogP contribution in [0.4, 0.5) is 0 Å². The van der Waals surface area contributed by atoms with E-state index in [9.17, 15) is 24.0 Å². The van der Waals surface area contributed by atoms with Crippen molar-refractivity contribution < 1.29 is 47.7 Å². The monoisotopic (exact) mass is 399 g/mol. The van der Waals surface area contributed by atoms with Crippen LogP contribution in [0, 0.1) is 12.3 Å². The van der Waals surface area contributed by atoms with E-state index in [2.05, 4.69) is 11.2 Å². The van der Waals surface area contributed by atoms with Gasteiger partial charge in [-0.2, -0.15) is 0 Å². The molecule has 5 atom stereocenters. The number of hydrogen-bond acceptors (Lipinski definition) is 10. The van der Waals surface area contributed by atoms with Crippen LogP contribution in [0.2, 0.25) is 0 Å². The van der Waals surface area contributed by atoms with Crippen molar-refractivity contribution in [1.82, 2.24) is 5.32 Å². The zero-order valence-corrected chi connectivity index (χ0v) is 15.8. The average molecular weight is 399 g/mol. The first-order chi connectivity index (χ1) is 13.1. The third-order valence-electron chi connectivity index (χ3n) is 3.31. The van der Waals surface area contributed by atoms with Crippen LogP contribution in [-0.2, 0) is 47.7 Å². The Morgan fingerprint density at radius 1 is 0.821 bits per heavy atom. The zero-order chi connectivity index (χ0) is 21.4. The second kappa shape index (κ2) is 10.3. The molecule has 1 aliphatic heterocycles. The molecule has 1 fully saturated rings. The van der Waals surface area contributed by atoms with Gasteiger partial charge in [-0.3, -0.25) is 24.0 Å². The van der Waals surface area contributed by atoms with Crippen LogP contribution in [0.5, 0.6) is 0 Å². The highest BCUT2D eigenvalue weighted by Crippen LogP contribution is 2.29. The molecule has 1 amide bonds. The highest BCUT2D eigenvalue weighted by Gasteiger charge is 2.55. The van der Waals surface area contributed by atoms with Crippen molar-refractivity contribution in [3.05, 3.63) is 0 Å². The lowest BCUT2D eigenvalue weighted by atomic mass is 9.97. The van der Waals surface area contributed by atoms with Crippen molar-refractivity contribution in [2.75, 3.05) is 6.54 Å². The van der Waals surface area contributed by atoms with Crippen LogP contribution in [0.15, 0.2) is 0 Å². The molecule has 0 aromatic heterocycles. The third-order valence-corrected chi connectivity index (χ3v) is 3.31. The Bertz CT molecular complexity index is 682. The van der Waals surface area contributed by atoms with Crippen LogP contribution in [0.3, 0.4) is 0 Å². The number of amides is 1. The summed E-state index contributed by atoms with van der Waals surface area (Å²) in [6.07, 6.45) is -2.58. The number of rotatable bonds is 6. The minimum Gasteiger partial charge on any atom is -0.455 e. The second-order valence-corrected chi connectivity index (χ2v) is 5.68. The van der Waals surface area contributed by atoms with Crippen molar-refractivity contribution >= 4 is 29.8 Å². The predicted octanol–water partition coefficient (Wildman–Crippen LogP) is -1.18.